The zero-order valence-electron chi connectivity index (χ0n) is 11.2. The standard InChI is InChI=1S/C12H14F3N3O3/c1-8(19)16-4-5-17-11(20)9-2-3-10(18-6-9)21-7-12(13,14)15/h2-3,6H,4-5,7H2,1H3,(H,16,19)(H,17,20). The number of alkyl halides is 3. The van der Waals surface area contributed by atoms with Gasteiger partial charge in [-0.25, -0.2) is 4.98 Å². The summed E-state index contributed by atoms with van der Waals surface area (Å²) in [7, 11) is 0. The van der Waals surface area contributed by atoms with Crippen LogP contribution in [0, 0.1) is 0 Å². The molecule has 2 N–H and O–H groups in total. The fraction of sp³-hybridized carbons (Fsp3) is 0.417. The Morgan fingerprint density at radius 3 is 2.43 bits per heavy atom. The summed E-state index contributed by atoms with van der Waals surface area (Å²) >= 11 is 0. The van der Waals surface area contributed by atoms with Gasteiger partial charge in [0.25, 0.3) is 5.91 Å². The van der Waals surface area contributed by atoms with Crippen LogP contribution in [0.15, 0.2) is 18.3 Å². The number of halogens is 3. The zero-order valence-corrected chi connectivity index (χ0v) is 11.2. The smallest absolute Gasteiger partial charge is 0.422 e. The van der Waals surface area contributed by atoms with Gasteiger partial charge in [0.2, 0.25) is 11.8 Å². The summed E-state index contributed by atoms with van der Waals surface area (Å²) in [6, 6.07) is 2.47. The minimum absolute atomic E-state index is 0.178. The van der Waals surface area contributed by atoms with Crippen LogP contribution >= 0.6 is 0 Å². The molecule has 1 aromatic rings. The van der Waals surface area contributed by atoms with Crippen molar-refractivity contribution in [3.8, 4) is 5.88 Å². The summed E-state index contributed by atoms with van der Waals surface area (Å²) in [5.41, 5.74) is 0.178. The first-order chi connectivity index (χ1) is 9.78. The highest BCUT2D eigenvalue weighted by Gasteiger charge is 2.28. The second-order valence-corrected chi connectivity index (χ2v) is 4.03. The number of nitrogens with zero attached hydrogens (tertiary/aromatic N) is 1. The van der Waals surface area contributed by atoms with Crippen LogP contribution in [0.4, 0.5) is 13.2 Å². The van der Waals surface area contributed by atoms with Crippen molar-refractivity contribution in [2.75, 3.05) is 19.7 Å². The minimum atomic E-state index is -4.44. The fourth-order valence-electron chi connectivity index (χ4n) is 1.27. The third-order valence-corrected chi connectivity index (χ3v) is 2.17. The lowest BCUT2D eigenvalue weighted by Crippen LogP contribution is -2.33. The average Bonchev–Trinajstić information content (AvgIpc) is 2.40. The van der Waals surface area contributed by atoms with E-state index in [-0.39, 0.29) is 30.4 Å². The van der Waals surface area contributed by atoms with Gasteiger partial charge < -0.3 is 15.4 Å². The SMILES string of the molecule is CC(=O)NCCNC(=O)c1ccc(OCC(F)(F)F)nc1. The Labute approximate surface area is 118 Å². The van der Waals surface area contributed by atoms with E-state index in [0.717, 1.165) is 6.20 Å². The number of rotatable bonds is 6. The third kappa shape index (κ3) is 7.14. The molecule has 1 rings (SSSR count). The Kier molecular flexibility index (Phi) is 5.94. The first-order valence-electron chi connectivity index (χ1n) is 5.96. The molecule has 0 aliphatic heterocycles. The van der Waals surface area contributed by atoms with E-state index >= 15 is 0 Å². The van der Waals surface area contributed by atoms with Crippen LogP contribution in [-0.2, 0) is 4.79 Å². The molecule has 0 unspecified atom stereocenters. The number of aromatic nitrogens is 1. The minimum Gasteiger partial charge on any atom is -0.468 e. The van der Waals surface area contributed by atoms with Crippen molar-refractivity contribution in [2.24, 2.45) is 0 Å². The lowest BCUT2D eigenvalue weighted by atomic mass is 10.2. The van der Waals surface area contributed by atoms with Gasteiger partial charge in [-0.1, -0.05) is 0 Å². The third-order valence-electron chi connectivity index (χ3n) is 2.17. The molecule has 0 bridgehead atoms. The van der Waals surface area contributed by atoms with E-state index < -0.39 is 18.7 Å². The molecule has 0 fully saturated rings. The van der Waals surface area contributed by atoms with E-state index in [1.54, 1.807) is 0 Å². The normalized spacial score (nSPS) is 10.9. The van der Waals surface area contributed by atoms with Crippen molar-refractivity contribution in [2.45, 2.75) is 13.1 Å². The van der Waals surface area contributed by atoms with Crippen LogP contribution in [0.5, 0.6) is 5.88 Å². The van der Waals surface area contributed by atoms with Crippen LogP contribution in [0.2, 0.25) is 0 Å². The predicted octanol–water partition coefficient (Wildman–Crippen LogP) is 0.889. The van der Waals surface area contributed by atoms with Gasteiger partial charge in [0.05, 0.1) is 5.56 Å². The molecule has 0 saturated heterocycles. The molecule has 6 nitrogen and oxygen atoms in total. The molecule has 1 heterocycles. The Morgan fingerprint density at radius 1 is 1.24 bits per heavy atom. The lowest BCUT2D eigenvalue weighted by molar-refractivity contribution is -0.154. The molecule has 0 aromatic carbocycles. The number of nitrogens with one attached hydrogen (secondary N) is 2. The van der Waals surface area contributed by atoms with E-state index in [1.807, 2.05) is 0 Å². The van der Waals surface area contributed by atoms with Crippen molar-refractivity contribution in [3.63, 3.8) is 0 Å². The topological polar surface area (TPSA) is 80.3 Å². The molecule has 0 saturated carbocycles. The van der Waals surface area contributed by atoms with Gasteiger partial charge >= 0.3 is 6.18 Å². The maximum Gasteiger partial charge on any atom is 0.422 e. The van der Waals surface area contributed by atoms with Crippen LogP contribution in [-0.4, -0.2) is 42.7 Å². The van der Waals surface area contributed by atoms with E-state index in [0.29, 0.717) is 0 Å². The maximum absolute atomic E-state index is 11.9. The molecule has 0 atom stereocenters. The first-order valence-corrected chi connectivity index (χ1v) is 5.96. The highest BCUT2D eigenvalue weighted by Crippen LogP contribution is 2.16. The van der Waals surface area contributed by atoms with Gasteiger partial charge in [-0.15, -0.1) is 0 Å². The van der Waals surface area contributed by atoms with Crippen molar-refractivity contribution in [1.29, 1.82) is 0 Å². The van der Waals surface area contributed by atoms with Crippen LogP contribution in [0.3, 0.4) is 0 Å². The van der Waals surface area contributed by atoms with Gasteiger partial charge in [-0.2, -0.15) is 13.2 Å². The number of hydrogen-bond donors (Lipinski definition) is 2. The van der Waals surface area contributed by atoms with Crippen LogP contribution < -0.4 is 15.4 Å². The summed E-state index contributed by atoms with van der Waals surface area (Å²) in [4.78, 5) is 25.8. The Hall–Kier alpha value is -2.32. The number of pyridine rings is 1. The molecule has 2 amide bonds. The van der Waals surface area contributed by atoms with Crippen LogP contribution in [0.1, 0.15) is 17.3 Å². The highest BCUT2D eigenvalue weighted by atomic mass is 19.4. The zero-order chi connectivity index (χ0) is 15.9. The van der Waals surface area contributed by atoms with Crippen molar-refractivity contribution >= 4 is 11.8 Å². The van der Waals surface area contributed by atoms with Gasteiger partial charge in [-0.3, -0.25) is 9.59 Å². The maximum atomic E-state index is 11.9. The molecular formula is C12H14F3N3O3. The van der Waals surface area contributed by atoms with E-state index in [4.69, 9.17) is 0 Å². The largest absolute Gasteiger partial charge is 0.468 e. The molecule has 0 radical (unpaired) electrons. The fourth-order valence-corrected chi connectivity index (χ4v) is 1.27. The van der Waals surface area contributed by atoms with Gasteiger partial charge in [-0.05, 0) is 6.07 Å². The first kappa shape index (κ1) is 16.7. The summed E-state index contributed by atoms with van der Waals surface area (Å²) in [6.45, 7) is 0.416. The molecule has 9 heteroatoms. The van der Waals surface area contributed by atoms with Crippen molar-refractivity contribution in [1.82, 2.24) is 15.6 Å². The summed E-state index contributed by atoms with van der Waals surface area (Å²) in [5.74, 6) is -0.880. The quantitative estimate of drug-likeness (QED) is 0.765. The Balaban J connectivity index is 2.42. The van der Waals surface area contributed by atoms with Gasteiger partial charge in [0.1, 0.15) is 0 Å². The highest BCUT2D eigenvalue weighted by molar-refractivity contribution is 5.93. The predicted molar refractivity (Wildman–Crippen MR) is 66.8 cm³/mol. The lowest BCUT2D eigenvalue weighted by Gasteiger charge is -2.09. The second-order valence-electron chi connectivity index (χ2n) is 4.03. The molecule has 116 valence electrons. The van der Waals surface area contributed by atoms with Crippen molar-refractivity contribution < 1.29 is 27.5 Å². The Morgan fingerprint density at radius 2 is 1.90 bits per heavy atom. The van der Waals surface area contributed by atoms with Crippen LogP contribution in [0.25, 0.3) is 0 Å². The van der Waals surface area contributed by atoms with E-state index in [2.05, 4.69) is 20.4 Å². The summed E-state index contributed by atoms with van der Waals surface area (Å²) in [5, 5.41) is 5.01. The van der Waals surface area contributed by atoms with Gasteiger partial charge in [0, 0.05) is 32.3 Å². The average molecular weight is 305 g/mol. The number of carbonyl (C=O) groups is 2. The number of amides is 2. The molecular weight excluding hydrogens is 291 g/mol. The number of carbonyl (C=O) groups excluding carboxylic acids is 2. The molecule has 21 heavy (non-hydrogen) atoms. The second kappa shape index (κ2) is 7.46. The van der Waals surface area contributed by atoms with Crippen molar-refractivity contribution in [3.05, 3.63) is 23.9 Å². The van der Waals surface area contributed by atoms with E-state index in [9.17, 15) is 22.8 Å². The van der Waals surface area contributed by atoms with E-state index in [1.165, 1.54) is 19.1 Å². The summed E-state index contributed by atoms with van der Waals surface area (Å²) < 4.78 is 40.2. The Bertz CT molecular complexity index is 489. The van der Waals surface area contributed by atoms with Gasteiger partial charge in [0.15, 0.2) is 6.61 Å². The summed E-state index contributed by atoms with van der Waals surface area (Å²) in [6.07, 6.45) is -3.33. The molecule has 0 aliphatic rings. The number of hydrogen-bond acceptors (Lipinski definition) is 4. The molecule has 0 spiro atoms. The monoisotopic (exact) mass is 305 g/mol. The molecule has 1 aromatic heterocycles. The number of ether oxygens (including phenoxy) is 1. The molecule has 0 aliphatic carbocycles.